The molecule has 0 aromatic heterocycles. The van der Waals surface area contributed by atoms with Gasteiger partial charge in [-0.25, -0.2) is 0 Å². The van der Waals surface area contributed by atoms with Crippen LogP contribution in [0.15, 0.2) is 24.3 Å². The first-order chi connectivity index (χ1) is 6.33. The molecule has 68 valence electrons. The third kappa shape index (κ3) is 0.976. The lowest BCUT2D eigenvalue weighted by atomic mass is 9.95. The number of piperidine rings is 1. The molecule has 1 aliphatic carbocycles. The highest BCUT2D eigenvalue weighted by molar-refractivity contribution is 6.31. The van der Waals surface area contributed by atoms with E-state index in [1.807, 2.05) is 12.1 Å². The molecule has 2 atom stereocenters. The quantitative estimate of drug-likeness (QED) is 0.721. The van der Waals surface area contributed by atoms with Crippen molar-refractivity contribution in [1.82, 2.24) is 5.32 Å². The van der Waals surface area contributed by atoms with Crippen molar-refractivity contribution in [3.63, 3.8) is 0 Å². The van der Waals surface area contributed by atoms with Gasteiger partial charge in [0.05, 0.1) is 0 Å². The van der Waals surface area contributed by atoms with E-state index in [1.165, 1.54) is 18.5 Å². The fourth-order valence-corrected chi connectivity index (χ4v) is 2.95. The molecule has 0 bridgehead atoms. The second-order valence-corrected chi connectivity index (χ2v) is 4.58. The molecule has 2 fully saturated rings. The third-order valence-electron chi connectivity index (χ3n) is 3.47. The monoisotopic (exact) mass is 193 g/mol. The zero-order valence-corrected chi connectivity index (χ0v) is 8.14. The lowest BCUT2D eigenvalue weighted by Crippen LogP contribution is -2.19. The van der Waals surface area contributed by atoms with E-state index in [0.717, 1.165) is 17.5 Å². The number of hydrogen-bond acceptors (Lipinski definition) is 1. The molecule has 0 amide bonds. The normalized spacial score (nSPS) is 35.9. The van der Waals surface area contributed by atoms with Crippen molar-refractivity contribution in [2.24, 2.45) is 5.92 Å². The van der Waals surface area contributed by atoms with Gasteiger partial charge >= 0.3 is 0 Å². The number of halogens is 1. The Hall–Kier alpha value is -0.530. The number of fused-ring (bicyclic) bond motifs is 1. The van der Waals surface area contributed by atoms with Crippen LogP contribution in [-0.4, -0.2) is 13.1 Å². The molecule has 1 saturated heterocycles. The number of nitrogens with one attached hydrogen (secondary N) is 1. The van der Waals surface area contributed by atoms with E-state index in [9.17, 15) is 0 Å². The highest BCUT2D eigenvalue weighted by atomic mass is 35.5. The predicted octanol–water partition coefficient (Wildman–Crippen LogP) is 2.20. The molecule has 1 aromatic rings. The SMILES string of the molecule is Clc1ccccc1[C@@]12CNC[C@@H]1C2. The molecule has 0 spiro atoms. The van der Waals surface area contributed by atoms with Gasteiger partial charge < -0.3 is 5.32 Å². The summed E-state index contributed by atoms with van der Waals surface area (Å²) in [5, 5.41) is 4.37. The molecule has 2 heteroatoms. The van der Waals surface area contributed by atoms with Gasteiger partial charge in [0, 0.05) is 17.0 Å². The number of rotatable bonds is 1. The van der Waals surface area contributed by atoms with E-state index < -0.39 is 0 Å². The molecule has 2 aliphatic rings. The molecule has 3 rings (SSSR count). The minimum absolute atomic E-state index is 0.401. The van der Waals surface area contributed by atoms with Crippen molar-refractivity contribution in [1.29, 1.82) is 0 Å². The van der Waals surface area contributed by atoms with Gasteiger partial charge in [0.15, 0.2) is 0 Å². The molecule has 1 saturated carbocycles. The van der Waals surface area contributed by atoms with Gasteiger partial charge in [-0.15, -0.1) is 0 Å². The molecule has 0 radical (unpaired) electrons. The zero-order valence-electron chi connectivity index (χ0n) is 7.39. The molecular weight excluding hydrogens is 182 g/mol. The van der Waals surface area contributed by atoms with Crippen molar-refractivity contribution in [2.45, 2.75) is 11.8 Å². The van der Waals surface area contributed by atoms with Gasteiger partial charge in [0.2, 0.25) is 0 Å². The smallest absolute Gasteiger partial charge is 0.0444 e. The summed E-state index contributed by atoms with van der Waals surface area (Å²) in [6.07, 6.45) is 1.32. The van der Waals surface area contributed by atoms with Crippen molar-refractivity contribution >= 4 is 11.6 Å². The third-order valence-corrected chi connectivity index (χ3v) is 3.80. The van der Waals surface area contributed by atoms with Crippen LogP contribution in [0.5, 0.6) is 0 Å². The molecule has 1 N–H and O–H groups in total. The van der Waals surface area contributed by atoms with Gasteiger partial charge in [0.25, 0.3) is 0 Å². The van der Waals surface area contributed by atoms with Crippen molar-refractivity contribution in [2.75, 3.05) is 13.1 Å². The second kappa shape index (κ2) is 2.49. The van der Waals surface area contributed by atoms with Crippen LogP contribution in [0.4, 0.5) is 0 Å². The Kier molecular flexibility index (Phi) is 1.50. The molecule has 1 aromatic carbocycles. The molecule has 1 heterocycles. The minimum Gasteiger partial charge on any atom is -0.316 e. The summed E-state index contributed by atoms with van der Waals surface area (Å²) in [6, 6.07) is 8.26. The van der Waals surface area contributed by atoms with Crippen LogP contribution in [0.25, 0.3) is 0 Å². The summed E-state index contributed by atoms with van der Waals surface area (Å²) in [7, 11) is 0. The van der Waals surface area contributed by atoms with Gasteiger partial charge in [0.1, 0.15) is 0 Å². The van der Waals surface area contributed by atoms with Crippen LogP contribution in [0, 0.1) is 5.92 Å². The first-order valence-electron chi connectivity index (χ1n) is 4.79. The Balaban J connectivity index is 2.06. The lowest BCUT2D eigenvalue weighted by Gasteiger charge is -2.13. The summed E-state index contributed by atoms with van der Waals surface area (Å²) < 4.78 is 0. The average molecular weight is 194 g/mol. The van der Waals surface area contributed by atoms with Crippen LogP contribution in [0.3, 0.4) is 0 Å². The second-order valence-electron chi connectivity index (χ2n) is 4.17. The van der Waals surface area contributed by atoms with Crippen LogP contribution in [0.2, 0.25) is 5.02 Å². The van der Waals surface area contributed by atoms with Crippen molar-refractivity contribution in [3.8, 4) is 0 Å². The van der Waals surface area contributed by atoms with E-state index in [4.69, 9.17) is 11.6 Å². The summed E-state index contributed by atoms with van der Waals surface area (Å²) in [4.78, 5) is 0. The topological polar surface area (TPSA) is 12.0 Å². The molecule has 1 nitrogen and oxygen atoms in total. The van der Waals surface area contributed by atoms with Crippen LogP contribution in [-0.2, 0) is 5.41 Å². The van der Waals surface area contributed by atoms with Gasteiger partial charge in [-0.2, -0.15) is 0 Å². The van der Waals surface area contributed by atoms with Gasteiger partial charge in [-0.3, -0.25) is 0 Å². The largest absolute Gasteiger partial charge is 0.316 e. The Morgan fingerprint density at radius 1 is 1.38 bits per heavy atom. The highest BCUT2D eigenvalue weighted by Crippen LogP contribution is 2.57. The molecule has 1 aliphatic heterocycles. The zero-order chi connectivity index (χ0) is 8.89. The highest BCUT2D eigenvalue weighted by Gasteiger charge is 2.58. The van der Waals surface area contributed by atoms with E-state index in [0.29, 0.717) is 5.41 Å². The number of hydrogen-bond donors (Lipinski definition) is 1. The maximum absolute atomic E-state index is 6.19. The average Bonchev–Trinajstić information content (AvgIpc) is 2.70. The Morgan fingerprint density at radius 3 is 2.85 bits per heavy atom. The van der Waals surface area contributed by atoms with Crippen LogP contribution in [0.1, 0.15) is 12.0 Å². The number of benzene rings is 1. The fraction of sp³-hybridized carbons (Fsp3) is 0.455. The van der Waals surface area contributed by atoms with E-state index >= 15 is 0 Å². The van der Waals surface area contributed by atoms with Gasteiger partial charge in [-0.05, 0) is 30.5 Å². The summed E-state index contributed by atoms with van der Waals surface area (Å²) >= 11 is 6.19. The van der Waals surface area contributed by atoms with E-state index in [1.54, 1.807) is 0 Å². The standard InChI is InChI=1S/C11H12ClN/c12-10-4-2-1-3-9(10)11-5-8(11)6-13-7-11/h1-4,8,13H,5-7H2/t8-,11-/m0/s1. The Morgan fingerprint density at radius 2 is 2.23 bits per heavy atom. The van der Waals surface area contributed by atoms with E-state index in [2.05, 4.69) is 17.4 Å². The van der Waals surface area contributed by atoms with Crippen LogP contribution < -0.4 is 5.32 Å². The Bertz CT molecular complexity index is 350. The summed E-state index contributed by atoms with van der Waals surface area (Å²) in [5.74, 6) is 0.840. The van der Waals surface area contributed by atoms with Crippen molar-refractivity contribution in [3.05, 3.63) is 34.9 Å². The fourth-order valence-electron chi connectivity index (χ4n) is 2.62. The first kappa shape index (κ1) is 7.84. The van der Waals surface area contributed by atoms with E-state index in [-0.39, 0.29) is 0 Å². The molecule has 0 unspecified atom stereocenters. The first-order valence-corrected chi connectivity index (χ1v) is 5.16. The maximum Gasteiger partial charge on any atom is 0.0444 e. The molecule has 13 heavy (non-hydrogen) atoms. The van der Waals surface area contributed by atoms with Gasteiger partial charge in [-0.1, -0.05) is 29.8 Å². The lowest BCUT2D eigenvalue weighted by molar-refractivity contribution is 0.676. The summed E-state index contributed by atoms with van der Waals surface area (Å²) in [6.45, 7) is 2.28. The Labute approximate surface area is 83.1 Å². The molecular formula is C11H12ClN. The predicted molar refractivity (Wildman–Crippen MR) is 54.1 cm³/mol. The van der Waals surface area contributed by atoms with Crippen LogP contribution >= 0.6 is 11.6 Å². The minimum atomic E-state index is 0.401. The maximum atomic E-state index is 6.19. The van der Waals surface area contributed by atoms with Crippen molar-refractivity contribution < 1.29 is 0 Å². The summed E-state index contributed by atoms with van der Waals surface area (Å²) in [5.41, 5.74) is 1.75.